The maximum Gasteiger partial charge on any atom is 0.307 e. The van der Waals surface area contributed by atoms with Crippen LogP contribution in [-0.2, 0) is 27.5 Å². The Bertz CT molecular complexity index is 560. The molecule has 0 spiro atoms. The molecule has 2 N–H and O–H groups in total. The number of aliphatic carboxylic acids is 1. The van der Waals surface area contributed by atoms with Crippen molar-refractivity contribution in [1.29, 1.82) is 0 Å². The van der Waals surface area contributed by atoms with E-state index in [1.54, 1.807) is 19.9 Å². The lowest BCUT2D eigenvalue weighted by Crippen LogP contribution is -2.15. The second kappa shape index (κ2) is 6.16. The summed E-state index contributed by atoms with van der Waals surface area (Å²) in [6.45, 7) is 3.04. The molecular formula is C13H18O5S. The molecule has 0 heterocycles. The smallest absolute Gasteiger partial charge is 0.307 e. The number of hydrogen-bond donors (Lipinski definition) is 2. The average Bonchev–Trinajstić information content (AvgIpc) is 2.27. The fourth-order valence-corrected chi connectivity index (χ4v) is 2.89. The van der Waals surface area contributed by atoms with Gasteiger partial charge in [0.1, 0.15) is 0 Å². The fraction of sp³-hybridized carbons (Fsp3) is 0.462. The fourth-order valence-electron chi connectivity index (χ4n) is 1.72. The molecule has 1 aromatic carbocycles. The summed E-state index contributed by atoms with van der Waals surface area (Å²) in [6, 6.07) is 4.50. The van der Waals surface area contributed by atoms with Crippen LogP contribution in [-0.4, -0.2) is 36.5 Å². The monoisotopic (exact) mass is 286 g/mol. The second-order valence-corrected chi connectivity index (χ2v) is 7.13. The normalized spacial score (nSPS) is 11.8. The van der Waals surface area contributed by atoms with Gasteiger partial charge in [0.05, 0.1) is 16.6 Å². The molecule has 106 valence electrons. The topological polar surface area (TPSA) is 91.7 Å². The van der Waals surface area contributed by atoms with Crippen LogP contribution in [0.4, 0.5) is 0 Å². The first-order chi connectivity index (χ1) is 8.77. The first-order valence-corrected chi connectivity index (χ1v) is 7.51. The van der Waals surface area contributed by atoms with Crippen molar-refractivity contribution in [3.8, 4) is 0 Å². The van der Waals surface area contributed by atoms with Gasteiger partial charge in [0.2, 0.25) is 0 Å². The van der Waals surface area contributed by atoms with E-state index in [0.29, 0.717) is 17.5 Å². The summed E-state index contributed by atoms with van der Waals surface area (Å²) < 4.78 is 24.2. The quantitative estimate of drug-likeness (QED) is 0.815. The predicted octanol–water partition coefficient (Wildman–Crippen LogP) is 1.03. The van der Waals surface area contributed by atoms with Crippen LogP contribution < -0.4 is 0 Å². The third-order valence-corrected chi connectivity index (χ3v) is 4.87. The second-order valence-electron chi connectivity index (χ2n) is 4.62. The highest BCUT2D eigenvalue weighted by Gasteiger charge is 2.20. The van der Waals surface area contributed by atoms with E-state index in [4.69, 9.17) is 10.2 Å². The minimum absolute atomic E-state index is 0.113. The van der Waals surface area contributed by atoms with Gasteiger partial charge in [0.15, 0.2) is 9.84 Å². The lowest BCUT2D eigenvalue weighted by molar-refractivity contribution is -0.136. The Kier molecular flexibility index (Phi) is 5.08. The third-order valence-electron chi connectivity index (χ3n) is 2.73. The van der Waals surface area contributed by atoms with E-state index in [9.17, 15) is 13.2 Å². The molecule has 0 aliphatic rings. The van der Waals surface area contributed by atoms with Crippen molar-refractivity contribution in [3.05, 3.63) is 29.3 Å². The Morgan fingerprint density at radius 3 is 2.26 bits per heavy atom. The first-order valence-electron chi connectivity index (χ1n) is 5.96. The molecule has 0 atom stereocenters. The third kappa shape index (κ3) is 4.04. The van der Waals surface area contributed by atoms with Crippen molar-refractivity contribution in [2.24, 2.45) is 0 Å². The van der Waals surface area contributed by atoms with Gasteiger partial charge in [0, 0.05) is 6.61 Å². The largest absolute Gasteiger partial charge is 0.481 e. The Hall–Kier alpha value is -1.40. The van der Waals surface area contributed by atoms with Crippen LogP contribution >= 0.6 is 0 Å². The average molecular weight is 286 g/mol. The number of carboxylic acids is 1. The van der Waals surface area contributed by atoms with Gasteiger partial charge in [0.25, 0.3) is 0 Å². The molecule has 0 aliphatic carbocycles. The van der Waals surface area contributed by atoms with Crippen LogP contribution in [0.15, 0.2) is 23.1 Å². The number of carboxylic acid groups (broad SMARTS) is 1. The molecule has 1 rings (SSSR count). The zero-order chi connectivity index (χ0) is 14.6. The van der Waals surface area contributed by atoms with E-state index in [1.165, 1.54) is 12.1 Å². The molecule has 0 saturated carbocycles. The molecule has 0 saturated heterocycles. The van der Waals surface area contributed by atoms with E-state index in [0.717, 1.165) is 0 Å². The van der Waals surface area contributed by atoms with Crippen LogP contribution in [0.1, 0.15) is 25.0 Å². The standard InChI is InChI=1S/C13H18O5S/c1-9(2)19(17,18)12-6-10(3-4-14)5-11(7-12)8-13(15)16/h5-7,9,14H,3-4,8H2,1-2H3,(H,15,16). The van der Waals surface area contributed by atoms with Gasteiger partial charge in [-0.3, -0.25) is 4.79 Å². The summed E-state index contributed by atoms with van der Waals surface area (Å²) in [4.78, 5) is 10.8. The van der Waals surface area contributed by atoms with Crippen molar-refractivity contribution in [1.82, 2.24) is 0 Å². The lowest BCUT2D eigenvalue weighted by atomic mass is 10.1. The molecule has 0 amide bonds. The summed E-state index contributed by atoms with van der Waals surface area (Å²) >= 11 is 0. The summed E-state index contributed by atoms with van der Waals surface area (Å²) in [5, 5.41) is 17.1. The molecule has 5 nitrogen and oxygen atoms in total. The Morgan fingerprint density at radius 1 is 1.21 bits per heavy atom. The van der Waals surface area contributed by atoms with Crippen molar-refractivity contribution in [2.75, 3.05) is 6.61 Å². The van der Waals surface area contributed by atoms with Gasteiger partial charge in [-0.25, -0.2) is 8.42 Å². The van der Waals surface area contributed by atoms with Gasteiger partial charge < -0.3 is 10.2 Å². The number of aliphatic hydroxyl groups excluding tert-OH is 1. The Morgan fingerprint density at radius 2 is 1.79 bits per heavy atom. The molecule has 6 heteroatoms. The van der Waals surface area contributed by atoms with E-state index in [1.807, 2.05) is 0 Å². The van der Waals surface area contributed by atoms with Gasteiger partial charge in [-0.05, 0) is 43.5 Å². The number of aliphatic hydroxyl groups is 1. The molecular weight excluding hydrogens is 268 g/mol. The maximum atomic E-state index is 12.1. The van der Waals surface area contributed by atoms with Crippen LogP contribution in [0.3, 0.4) is 0 Å². The lowest BCUT2D eigenvalue weighted by Gasteiger charge is -2.11. The molecule has 0 unspecified atom stereocenters. The highest BCUT2D eigenvalue weighted by Crippen LogP contribution is 2.20. The first kappa shape index (κ1) is 15.7. The van der Waals surface area contributed by atoms with Gasteiger partial charge in [-0.15, -0.1) is 0 Å². The zero-order valence-electron chi connectivity index (χ0n) is 11.0. The number of rotatable bonds is 6. The minimum atomic E-state index is -3.45. The van der Waals surface area contributed by atoms with E-state index in [-0.39, 0.29) is 17.9 Å². The molecule has 0 aliphatic heterocycles. The highest BCUT2D eigenvalue weighted by atomic mass is 32.2. The molecule has 0 radical (unpaired) electrons. The number of sulfone groups is 1. The van der Waals surface area contributed by atoms with E-state index >= 15 is 0 Å². The zero-order valence-corrected chi connectivity index (χ0v) is 11.8. The molecule has 0 bridgehead atoms. The molecule has 0 aromatic heterocycles. The summed E-state index contributed by atoms with van der Waals surface area (Å²) in [6.07, 6.45) is 0.0635. The SMILES string of the molecule is CC(C)S(=O)(=O)c1cc(CCO)cc(CC(=O)O)c1. The maximum absolute atomic E-state index is 12.1. The van der Waals surface area contributed by atoms with Gasteiger partial charge >= 0.3 is 5.97 Å². The number of carbonyl (C=O) groups is 1. The Labute approximate surface area is 112 Å². The van der Waals surface area contributed by atoms with Gasteiger partial charge in [-0.2, -0.15) is 0 Å². The number of hydrogen-bond acceptors (Lipinski definition) is 4. The molecule has 19 heavy (non-hydrogen) atoms. The van der Waals surface area contributed by atoms with Crippen molar-refractivity contribution >= 4 is 15.8 Å². The molecule has 1 aromatic rings. The van der Waals surface area contributed by atoms with Crippen molar-refractivity contribution < 1.29 is 23.4 Å². The van der Waals surface area contributed by atoms with Crippen LogP contribution in [0.25, 0.3) is 0 Å². The minimum Gasteiger partial charge on any atom is -0.481 e. The highest BCUT2D eigenvalue weighted by molar-refractivity contribution is 7.92. The predicted molar refractivity (Wildman–Crippen MR) is 70.9 cm³/mol. The summed E-state index contributed by atoms with van der Waals surface area (Å²) in [7, 11) is -3.45. The summed E-state index contributed by atoms with van der Waals surface area (Å²) in [5.41, 5.74) is 1.05. The van der Waals surface area contributed by atoms with Crippen molar-refractivity contribution in [2.45, 2.75) is 36.8 Å². The van der Waals surface area contributed by atoms with Crippen LogP contribution in [0, 0.1) is 0 Å². The van der Waals surface area contributed by atoms with Crippen LogP contribution in [0.5, 0.6) is 0 Å². The van der Waals surface area contributed by atoms with Crippen molar-refractivity contribution in [3.63, 3.8) is 0 Å². The van der Waals surface area contributed by atoms with Crippen LogP contribution in [0.2, 0.25) is 0 Å². The number of benzene rings is 1. The van der Waals surface area contributed by atoms with Gasteiger partial charge in [-0.1, -0.05) is 6.07 Å². The van der Waals surface area contributed by atoms with E-state index < -0.39 is 21.1 Å². The molecule has 0 fully saturated rings. The van der Waals surface area contributed by atoms with E-state index in [2.05, 4.69) is 0 Å². The Balaban J connectivity index is 3.31. The summed E-state index contributed by atoms with van der Waals surface area (Å²) in [5.74, 6) is -1.02.